The lowest BCUT2D eigenvalue weighted by molar-refractivity contribution is -0.151. The molecule has 6 rings (SSSR count). The van der Waals surface area contributed by atoms with Crippen molar-refractivity contribution in [3.63, 3.8) is 0 Å². The van der Waals surface area contributed by atoms with E-state index in [1.807, 2.05) is 12.5 Å². The van der Waals surface area contributed by atoms with Gasteiger partial charge in [0.1, 0.15) is 30.5 Å². The van der Waals surface area contributed by atoms with Gasteiger partial charge < -0.3 is 38.3 Å². The van der Waals surface area contributed by atoms with Gasteiger partial charge in [-0.05, 0) is 24.1 Å². The molecule has 17 heteroatoms. The van der Waals surface area contributed by atoms with Crippen molar-refractivity contribution >= 4 is 46.3 Å². The number of aliphatic hydroxyl groups excluding tert-OH is 1. The number of hydrogen-bond acceptors (Lipinski definition) is 16. The van der Waals surface area contributed by atoms with E-state index in [1.54, 1.807) is 24.5 Å². The maximum atomic E-state index is 11.0. The standard InChI is InChI=1S/C13H16N2O5S.C11H14N2O4S.C2H3ClO/c1-7(16)19-8-5-17-12-9(6-18-11(8)12)20-10-3-4-14-13(15-10)21-2;1-18-11-12-3-2-8(13-11)17-7-5-16-9-6(14)4-15-10(7)9;1-2(3)4/h3-4,8-9,11-12H,5-6H2,1-2H3;2-3,6-7,9-10,14H,4-5H2,1H3;1H3/t8-,9?,11+,12+;6-,7?,9+,10+;/m00./s1. The van der Waals surface area contributed by atoms with E-state index in [2.05, 4.69) is 31.5 Å². The molecule has 8 atom stereocenters. The summed E-state index contributed by atoms with van der Waals surface area (Å²) >= 11 is 7.54. The van der Waals surface area contributed by atoms with E-state index in [9.17, 15) is 14.7 Å². The second-order valence-electron chi connectivity index (χ2n) is 9.45. The van der Waals surface area contributed by atoms with E-state index in [-0.39, 0.29) is 53.9 Å². The van der Waals surface area contributed by atoms with Crippen LogP contribution >= 0.6 is 35.1 Å². The van der Waals surface area contributed by atoms with Crippen LogP contribution in [-0.4, -0.2) is 124 Å². The molecule has 0 spiro atoms. The highest BCUT2D eigenvalue weighted by molar-refractivity contribution is 7.98. The molecule has 6 heterocycles. The van der Waals surface area contributed by atoms with E-state index in [4.69, 9.17) is 33.2 Å². The highest BCUT2D eigenvalue weighted by Gasteiger charge is 2.51. The predicted molar refractivity (Wildman–Crippen MR) is 154 cm³/mol. The molecule has 4 aliphatic heterocycles. The summed E-state index contributed by atoms with van der Waals surface area (Å²) in [5.74, 6) is 0.661. The Morgan fingerprint density at radius 2 is 1.21 bits per heavy atom. The van der Waals surface area contributed by atoms with Crippen LogP contribution in [-0.2, 0) is 33.3 Å². The van der Waals surface area contributed by atoms with E-state index >= 15 is 0 Å². The number of fused-ring (bicyclic) bond motifs is 2. The zero-order valence-corrected chi connectivity index (χ0v) is 26.3. The van der Waals surface area contributed by atoms with Gasteiger partial charge in [-0.25, -0.2) is 9.97 Å². The molecule has 4 saturated heterocycles. The Morgan fingerprint density at radius 1 is 0.791 bits per heavy atom. The molecule has 236 valence electrons. The highest BCUT2D eigenvalue weighted by atomic mass is 35.5. The Hall–Kier alpha value is -2.31. The van der Waals surface area contributed by atoms with Gasteiger partial charge >= 0.3 is 5.97 Å². The molecule has 2 unspecified atom stereocenters. The number of carbonyl (C=O) groups excluding carboxylic acids is 2. The van der Waals surface area contributed by atoms with Crippen LogP contribution in [0.3, 0.4) is 0 Å². The molecule has 4 fully saturated rings. The number of esters is 1. The van der Waals surface area contributed by atoms with Crippen LogP contribution in [0.15, 0.2) is 34.8 Å². The lowest BCUT2D eigenvalue weighted by Gasteiger charge is -2.17. The number of rotatable bonds is 7. The van der Waals surface area contributed by atoms with Crippen molar-refractivity contribution in [2.75, 3.05) is 38.9 Å². The molecular formula is C26H33ClN4O10S2. The van der Waals surface area contributed by atoms with Crippen LogP contribution in [0.1, 0.15) is 13.8 Å². The van der Waals surface area contributed by atoms with Crippen LogP contribution < -0.4 is 9.47 Å². The lowest BCUT2D eigenvalue weighted by Crippen LogP contribution is -2.36. The zero-order valence-electron chi connectivity index (χ0n) is 23.9. The summed E-state index contributed by atoms with van der Waals surface area (Å²) < 4.78 is 39.0. The molecule has 2 aromatic heterocycles. The first-order chi connectivity index (χ1) is 20.7. The van der Waals surface area contributed by atoms with Crippen molar-refractivity contribution in [2.45, 2.75) is 73.0 Å². The van der Waals surface area contributed by atoms with Crippen molar-refractivity contribution in [3.05, 3.63) is 24.5 Å². The Morgan fingerprint density at radius 3 is 1.70 bits per heavy atom. The van der Waals surface area contributed by atoms with Crippen LogP contribution in [0.5, 0.6) is 11.8 Å². The quantitative estimate of drug-likeness (QED) is 0.196. The van der Waals surface area contributed by atoms with Gasteiger partial charge in [0, 0.05) is 38.4 Å². The normalized spacial score (nSPS) is 30.2. The Kier molecular flexibility index (Phi) is 12.6. The van der Waals surface area contributed by atoms with Gasteiger partial charge in [0.15, 0.2) is 28.6 Å². The molecule has 43 heavy (non-hydrogen) atoms. The molecule has 14 nitrogen and oxygen atoms in total. The smallest absolute Gasteiger partial charge is 0.303 e. The van der Waals surface area contributed by atoms with Gasteiger partial charge in [-0.3, -0.25) is 9.59 Å². The largest absolute Gasteiger partial charge is 0.469 e. The van der Waals surface area contributed by atoms with Gasteiger partial charge in [0.2, 0.25) is 17.0 Å². The second-order valence-corrected chi connectivity index (χ2v) is 11.5. The van der Waals surface area contributed by atoms with E-state index in [0.717, 1.165) is 0 Å². The number of aromatic nitrogens is 4. The molecule has 4 aliphatic rings. The summed E-state index contributed by atoms with van der Waals surface area (Å²) in [4.78, 5) is 36.9. The Labute approximate surface area is 261 Å². The fraction of sp³-hybridized carbons (Fsp3) is 0.615. The molecule has 0 radical (unpaired) electrons. The number of thioether (sulfide) groups is 2. The minimum atomic E-state index is -0.559. The third kappa shape index (κ3) is 9.34. The average Bonchev–Trinajstić information content (AvgIpc) is 3.75. The lowest BCUT2D eigenvalue weighted by atomic mass is 10.1. The van der Waals surface area contributed by atoms with E-state index in [1.165, 1.54) is 37.4 Å². The number of aliphatic hydroxyl groups is 1. The first kappa shape index (κ1) is 33.6. The number of nitrogens with zero attached hydrogens (tertiary/aromatic N) is 4. The maximum Gasteiger partial charge on any atom is 0.303 e. The van der Waals surface area contributed by atoms with Crippen molar-refractivity contribution in [2.24, 2.45) is 0 Å². The van der Waals surface area contributed by atoms with Crippen molar-refractivity contribution < 1.29 is 47.9 Å². The molecule has 0 amide bonds. The van der Waals surface area contributed by atoms with Crippen molar-refractivity contribution in [1.29, 1.82) is 0 Å². The molecular weight excluding hydrogens is 628 g/mol. The SMILES string of the molecule is CC(=O)Cl.CSc1nccc(OC2CO[C@@H]3[C@@H](OC(C)=O)CO[C@H]23)n1.CSc1nccc(OC2CO[C@H]3[C@@H]2OC[C@@H]3O)n1. The van der Waals surface area contributed by atoms with Crippen LogP contribution in [0.25, 0.3) is 0 Å². The van der Waals surface area contributed by atoms with Gasteiger partial charge in [-0.2, -0.15) is 9.97 Å². The summed E-state index contributed by atoms with van der Waals surface area (Å²) in [7, 11) is 0. The third-order valence-electron chi connectivity index (χ3n) is 6.39. The molecule has 1 N–H and O–H groups in total. The fourth-order valence-electron chi connectivity index (χ4n) is 4.68. The minimum Gasteiger partial charge on any atom is -0.469 e. The number of hydrogen-bond donors (Lipinski definition) is 1. The van der Waals surface area contributed by atoms with E-state index in [0.29, 0.717) is 48.5 Å². The predicted octanol–water partition coefficient (Wildman–Crippen LogP) is 1.55. The number of ether oxygens (including phenoxy) is 7. The van der Waals surface area contributed by atoms with Crippen molar-refractivity contribution in [1.82, 2.24) is 19.9 Å². The van der Waals surface area contributed by atoms with Gasteiger partial charge in [0.05, 0.1) is 26.4 Å². The minimum absolute atomic E-state index is 0.215. The van der Waals surface area contributed by atoms with Gasteiger partial charge in [-0.15, -0.1) is 0 Å². The summed E-state index contributed by atoms with van der Waals surface area (Å²) in [5.41, 5.74) is 0. The van der Waals surface area contributed by atoms with Crippen molar-refractivity contribution in [3.8, 4) is 11.8 Å². The topological polar surface area (TPSA) is 171 Å². The molecule has 0 aromatic carbocycles. The maximum absolute atomic E-state index is 11.0. The van der Waals surface area contributed by atoms with E-state index < -0.39 is 6.10 Å². The molecule has 0 saturated carbocycles. The zero-order chi connectivity index (χ0) is 30.9. The highest BCUT2D eigenvalue weighted by Crippen LogP contribution is 2.32. The Bertz CT molecular complexity index is 1230. The second kappa shape index (κ2) is 16.1. The monoisotopic (exact) mass is 660 g/mol. The van der Waals surface area contributed by atoms with Crippen LogP contribution in [0.2, 0.25) is 0 Å². The number of carbonyl (C=O) groups is 2. The summed E-state index contributed by atoms with van der Waals surface area (Å²) in [6.07, 6.45) is 4.68. The van der Waals surface area contributed by atoms with Gasteiger partial charge in [0.25, 0.3) is 0 Å². The molecule has 0 aliphatic carbocycles. The summed E-state index contributed by atoms with van der Waals surface area (Å²) in [6, 6.07) is 3.41. The average molecular weight is 661 g/mol. The summed E-state index contributed by atoms with van der Waals surface area (Å²) in [5, 5.41) is 10.6. The van der Waals surface area contributed by atoms with Crippen LogP contribution in [0.4, 0.5) is 0 Å². The first-order valence-corrected chi connectivity index (χ1v) is 16.1. The third-order valence-corrected chi connectivity index (χ3v) is 7.51. The Balaban J connectivity index is 0.000000177. The number of halogens is 1. The van der Waals surface area contributed by atoms with Crippen LogP contribution in [0, 0.1) is 0 Å². The fourth-order valence-corrected chi connectivity index (χ4v) is 5.37. The summed E-state index contributed by atoms with van der Waals surface area (Å²) in [6.45, 7) is 4.09. The molecule has 0 bridgehead atoms. The van der Waals surface area contributed by atoms with Gasteiger partial charge in [-0.1, -0.05) is 23.5 Å². The molecule has 2 aromatic rings. The first-order valence-electron chi connectivity index (χ1n) is 13.2.